The number of hydrogen-bond donors (Lipinski definition) is 2. The Labute approximate surface area is 157 Å². The van der Waals surface area contributed by atoms with Gasteiger partial charge in [0.15, 0.2) is 9.02 Å². The van der Waals surface area contributed by atoms with E-state index in [0.717, 1.165) is 32.1 Å². The second-order valence-corrected chi connectivity index (χ2v) is 13.3. The highest BCUT2D eigenvalue weighted by Gasteiger charge is 2.60. The van der Waals surface area contributed by atoms with Crippen molar-refractivity contribution in [1.82, 2.24) is 0 Å². The molecule has 1 aliphatic rings. The van der Waals surface area contributed by atoms with E-state index in [4.69, 9.17) is 0 Å². The molecule has 2 N–H and O–H groups in total. The normalized spacial score (nSPS) is 32.1. The first kappa shape index (κ1) is 19.4. The van der Waals surface area contributed by atoms with Crippen molar-refractivity contribution < 1.29 is 10.2 Å². The van der Waals surface area contributed by atoms with Gasteiger partial charge in [0.05, 0.1) is 0 Å². The van der Waals surface area contributed by atoms with Crippen LogP contribution in [0.2, 0.25) is 0 Å². The Morgan fingerprint density at radius 3 is 1.84 bits per heavy atom. The summed E-state index contributed by atoms with van der Waals surface area (Å²) >= 11 is 17.8. The summed E-state index contributed by atoms with van der Waals surface area (Å²) in [5.74, 6) is -1.86. The van der Waals surface area contributed by atoms with E-state index in [1.165, 1.54) is 12.8 Å². The minimum atomic E-state index is -1.86. The molecule has 0 bridgehead atoms. The van der Waals surface area contributed by atoms with Gasteiger partial charge in [-0.2, -0.15) is 0 Å². The summed E-state index contributed by atoms with van der Waals surface area (Å²) in [6.45, 7) is 0. The Hall–Kier alpha value is 2.32. The van der Waals surface area contributed by atoms with Gasteiger partial charge in [0.2, 0.25) is 0 Å². The zero-order valence-electron chi connectivity index (χ0n) is 10.5. The fourth-order valence-corrected chi connectivity index (χ4v) is 5.53. The van der Waals surface area contributed by atoms with Crippen LogP contribution in [-0.2, 0) is 0 Å². The Morgan fingerprint density at radius 1 is 0.789 bits per heavy atom. The minimum Gasteiger partial charge on any atom is -0.364 e. The molecule has 114 valence electrons. The van der Waals surface area contributed by atoms with Crippen molar-refractivity contribution in [2.24, 2.45) is 0 Å². The fourth-order valence-electron chi connectivity index (χ4n) is 2.20. The summed E-state index contributed by atoms with van der Waals surface area (Å²) in [5.41, 5.74) is 0. The second-order valence-electron chi connectivity index (χ2n) is 5.14. The summed E-state index contributed by atoms with van der Waals surface area (Å²) in [6, 6.07) is 0. The van der Waals surface area contributed by atoms with Crippen molar-refractivity contribution in [3.63, 3.8) is 0 Å². The van der Waals surface area contributed by atoms with Crippen LogP contribution in [0.25, 0.3) is 0 Å². The second kappa shape index (κ2) is 7.73. The van der Waals surface area contributed by atoms with Gasteiger partial charge < -0.3 is 10.2 Å². The molecule has 0 aromatic heterocycles. The van der Waals surface area contributed by atoms with Crippen molar-refractivity contribution in [3.8, 4) is 0 Å². The Bertz CT molecular complexity index is 294. The molecule has 0 radical (unpaired) electrons. The molecule has 0 spiro atoms. The maximum atomic E-state index is 10.4. The summed E-state index contributed by atoms with van der Waals surface area (Å²) in [7, 11) is 0. The first-order valence-corrected chi connectivity index (χ1v) is 10.6. The molecule has 0 saturated heterocycles. The highest BCUT2D eigenvalue weighted by atomic mass is 79.9. The lowest BCUT2D eigenvalue weighted by molar-refractivity contribution is -0.171. The molecular formula is C12H19Br5O2. The number of aliphatic hydroxyl groups is 2. The quantitative estimate of drug-likeness (QED) is 0.286. The number of alkyl halides is 5. The Balaban J connectivity index is 2.96. The molecule has 0 aliphatic heterocycles. The van der Waals surface area contributed by atoms with Crippen molar-refractivity contribution >= 4 is 79.6 Å². The molecule has 0 aromatic carbocycles. The van der Waals surface area contributed by atoms with Crippen molar-refractivity contribution in [3.05, 3.63) is 0 Å². The molecule has 1 rings (SSSR count). The minimum absolute atomic E-state index is 0.0526. The molecule has 7 heteroatoms. The van der Waals surface area contributed by atoms with E-state index in [2.05, 4.69) is 79.6 Å². The highest BCUT2D eigenvalue weighted by Crippen LogP contribution is 2.58. The summed E-state index contributed by atoms with van der Waals surface area (Å²) < 4.78 is -1.80. The molecule has 0 heterocycles. The van der Waals surface area contributed by atoms with Crippen LogP contribution in [0.1, 0.15) is 51.4 Å². The number of halogens is 5. The van der Waals surface area contributed by atoms with E-state index >= 15 is 0 Å². The third-order valence-corrected chi connectivity index (χ3v) is 12.9. The fraction of sp³-hybridized carbons (Fsp3) is 1.00. The van der Waals surface area contributed by atoms with Crippen LogP contribution < -0.4 is 0 Å². The predicted octanol–water partition coefficient (Wildman–Crippen LogP) is 5.54. The highest BCUT2D eigenvalue weighted by molar-refractivity contribution is 9.31. The monoisotopic (exact) mass is 590 g/mol. The Kier molecular flexibility index (Phi) is 7.88. The van der Waals surface area contributed by atoms with Crippen LogP contribution in [0.5, 0.6) is 0 Å². The molecule has 1 aliphatic carbocycles. The van der Waals surface area contributed by atoms with Gasteiger partial charge in [0.25, 0.3) is 0 Å². The molecule has 1 saturated carbocycles. The van der Waals surface area contributed by atoms with Crippen LogP contribution in [0.15, 0.2) is 0 Å². The van der Waals surface area contributed by atoms with Gasteiger partial charge in [-0.1, -0.05) is 112 Å². The SMILES string of the molecule is OC1(O)CCCCCCCCC(Br)C(Br)(Br)C1(Br)Br. The van der Waals surface area contributed by atoms with E-state index in [-0.39, 0.29) is 4.83 Å². The zero-order valence-corrected chi connectivity index (χ0v) is 18.4. The molecular weight excluding hydrogens is 576 g/mol. The summed E-state index contributed by atoms with van der Waals surface area (Å²) in [6.07, 6.45) is 7.83. The molecule has 1 atom stereocenters. The predicted molar refractivity (Wildman–Crippen MR) is 98.0 cm³/mol. The zero-order chi connectivity index (χ0) is 14.7. The van der Waals surface area contributed by atoms with Gasteiger partial charge in [0, 0.05) is 11.2 Å². The van der Waals surface area contributed by atoms with E-state index in [0.29, 0.717) is 6.42 Å². The summed E-state index contributed by atoms with van der Waals surface area (Å²) in [5, 5.41) is 20.8. The lowest BCUT2D eigenvalue weighted by atomic mass is 9.97. The molecule has 2 nitrogen and oxygen atoms in total. The molecule has 1 unspecified atom stereocenters. The standard InChI is InChI=1S/C12H19Br5O2/c13-9-7-5-3-1-2-4-6-8-10(18,19)12(16,17)11(9,14)15/h9,18-19H,1-8H2. The van der Waals surface area contributed by atoms with Crippen LogP contribution in [0.3, 0.4) is 0 Å². The van der Waals surface area contributed by atoms with E-state index < -0.39 is 12.3 Å². The topological polar surface area (TPSA) is 40.5 Å². The smallest absolute Gasteiger partial charge is 0.190 e. The van der Waals surface area contributed by atoms with Gasteiger partial charge >= 0.3 is 0 Å². The maximum Gasteiger partial charge on any atom is 0.190 e. The molecule has 1 fully saturated rings. The lowest BCUT2D eigenvalue weighted by Crippen LogP contribution is -2.58. The van der Waals surface area contributed by atoms with Gasteiger partial charge in [0.1, 0.15) is 3.23 Å². The maximum absolute atomic E-state index is 10.4. The number of rotatable bonds is 0. The summed E-state index contributed by atoms with van der Waals surface area (Å²) in [4.78, 5) is 0.0526. The van der Waals surface area contributed by atoms with Gasteiger partial charge in [-0.25, -0.2) is 0 Å². The molecule has 0 aromatic rings. The van der Waals surface area contributed by atoms with Crippen LogP contribution in [-0.4, -0.2) is 27.3 Å². The van der Waals surface area contributed by atoms with Gasteiger partial charge in [-0.05, 0) is 12.8 Å². The third kappa shape index (κ3) is 4.64. The number of hydrogen-bond acceptors (Lipinski definition) is 2. The van der Waals surface area contributed by atoms with Crippen LogP contribution >= 0.6 is 79.6 Å². The first-order valence-electron chi connectivity index (χ1n) is 6.47. The molecule has 19 heavy (non-hydrogen) atoms. The average Bonchev–Trinajstić information content (AvgIpc) is 2.30. The lowest BCUT2D eigenvalue weighted by Gasteiger charge is -2.45. The van der Waals surface area contributed by atoms with Crippen molar-refractivity contribution in [2.75, 3.05) is 0 Å². The molecule has 0 amide bonds. The van der Waals surface area contributed by atoms with Gasteiger partial charge in [-0.3, -0.25) is 0 Å². The average molecular weight is 595 g/mol. The first-order chi connectivity index (χ1) is 8.63. The van der Waals surface area contributed by atoms with E-state index in [1.54, 1.807) is 0 Å². The van der Waals surface area contributed by atoms with Crippen molar-refractivity contribution in [1.29, 1.82) is 0 Å². The van der Waals surface area contributed by atoms with E-state index in [1.807, 2.05) is 0 Å². The largest absolute Gasteiger partial charge is 0.364 e. The van der Waals surface area contributed by atoms with Crippen LogP contribution in [0, 0.1) is 0 Å². The Morgan fingerprint density at radius 2 is 1.26 bits per heavy atom. The van der Waals surface area contributed by atoms with Crippen LogP contribution in [0.4, 0.5) is 0 Å². The third-order valence-electron chi connectivity index (χ3n) is 3.55. The van der Waals surface area contributed by atoms with Crippen molar-refractivity contribution in [2.45, 2.75) is 68.4 Å². The van der Waals surface area contributed by atoms with Gasteiger partial charge in [-0.15, -0.1) is 0 Å². The van der Waals surface area contributed by atoms with E-state index in [9.17, 15) is 10.2 Å².